The first kappa shape index (κ1) is 24.5. The molecule has 0 atom stereocenters. The number of hydrogen-bond donors (Lipinski definition) is 0. The molecule has 0 spiro atoms. The van der Waals surface area contributed by atoms with E-state index in [-0.39, 0.29) is 0 Å². The summed E-state index contributed by atoms with van der Waals surface area (Å²) < 4.78 is 6.61. The van der Waals surface area contributed by atoms with Crippen molar-refractivity contribution in [3.8, 4) is 5.75 Å². The zero-order valence-electron chi connectivity index (χ0n) is 18.5. The van der Waals surface area contributed by atoms with E-state index >= 15 is 0 Å². The number of halogens is 1. The van der Waals surface area contributed by atoms with Crippen LogP contribution in [-0.2, 0) is 4.43 Å². The fraction of sp³-hybridized carbons (Fsp3) is 0.172. The Balaban J connectivity index is 0.000000195. The molecule has 1 nitrogen and oxygen atoms in total. The highest BCUT2D eigenvalue weighted by Gasteiger charge is 2.14. The number of ether oxygens (including phenoxy) is 1. The Hall–Kier alpha value is -2.16. The van der Waals surface area contributed by atoms with Crippen molar-refractivity contribution in [2.24, 2.45) is 0 Å². The molecule has 0 bridgehead atoms. The van der Waals surface area contributed by atoms with Crippen LogP contribution in [0.3, 0.4) is 0 Å². The zero-order valence-corrected chi connectivity index (χ0v) is 21.6. The van der Waals surface area contributed by atoms with Crippen LogP contribution in [-0.4, -0.2) is 6.61 Å². The minimum absolute atomic E-state index is 0.446. The molecule has 0 unspecified atom stereocenters. The summed E-state index contributed by atoms with van der Waals surface area (Å²) in [5, 5.41) is 4.19. The van der Waals surface area contributed by atoms with Crippen molar-refractivity contribution >= 4 is 46.4 Å². The van der Waals surface area contributed by atoms with Gasteiger partial charge in [0.2, 0.25) is 0 Å². The van der Waals surface area contributed by atoms with E-state index in [4.69, 9.17) is 4.74 Å². The van der Waals surface area contributed by atoms with Crippen LogP contribution in [0.4, 0.5) is 0 Å². The molecule has 0 aromatic heterocycles. The summed E-state index contributed by atoms with van der Waals surface area (Å²) in [5.41, 5.74) is 1.35. The van der Waals surface area contributed by atoms with E-state index in [0.717, 1.165) is 23.2 Å². The second-order valence-electron chi connectivity index (χ2n) is 7.32. The molecule has 4 aromatic carbocycles. The third kappa shape index (κ3) is 7.76. The highest BCUT2D eigenvalue weighted by molar-refractivity contribution is 14.1. The number of hydrogen-bond acceptors (Lipinski definition) is 1. The highest BCUT2D eigenvalue weighted by Crippen LogP contribution is 2.32. The van der Waals surface area contributed by atoms with Crippen molar-refractivity contribution < 1.29 is 4.74 Å². The van der Waals surface area contributed by atoms with E-state index in [1.165, 1.54) is 27.9 Å². The SMILES string of the molecule is CCCCOc1ccc(CI)cc1.c1ccc(P(c2ccccc2)c2ccccc2)cc1. The maximum absolute atomic E-state index is 5.54. The Morgan fingerprint density at radius 1 is 0.625 bits per heavy atom. The quantitative estimate of drug-likeness (QED) is 0.0969. The average molecular weight is 552 g/mol. The second kappa shape index (κ2) is 14.1. The van der Waals surface area contributed by atoms with Gasteiger partial charge in [-0.15, -0.1) is 0 Å². The minimum atomic E-state index is -0.446. The molecule has 0 N–H and O–H groups in total. The van der Waals surface area contributed by atoms with E-state index in [1.54, 1.807) is 0 Å². The topological polar surface area (TPSA) is 9.23 Å². The molecule has 32 heavy (non-hydrogen) atoms. The van der Waals surface area contributed by atoms with Crippen LogP contribution >= 0.6 is 30.5 Å². The number of rotatable bonds is 8. The molecule has 3 heteroatoms. The molecule has 0 fully saturated rings. The lowest BCUT2D eigenvalue weighted by atomic mass is 10.2. The van der Waals surface area contributed by atoms with E-state index in [0.29, 0.717) is 0 Å². The predicted molar refractivity (Wildman–Crippen MR) is 150 cm³/mol. The number of benzene rings is 4. The van der Waals surface area contributed by atoms with Crippen molar-refractivity contribution in [1.29, 1.82) is 0 Å². The van der Waals surface area contributed by atoms with E-state index in [9.17, 15) is 0 Å². The predicted octanol–water partition coefficient (Wildman–Crippen LogP) is 7.25. The fourth-order valence-electron chi connectivity index (χ4n) is 3.19. The Morgan fingerprint density at radius 2 is 1.06 bits per heavy atom. The largest absolute Gasteiger partial charge is 0.494 e. The summed E-state index contributed by atoms with van der Waals surface area (Å²) in [6, 6.07) is 40.7. The molecule has 0 amide bonds. The summed E-state index contributed by atoms with van der Waals surface area (Å²) in [6.45, 7) is 3.00. The molecule has 4 aromatic rings. The summed E-state index contributed by atoms with van der Waals surface area (Å²) in [7, 11) is -0.446. The molecule has 0 aliphatic heterocycles. The molecular weight excluding hydrogens is 522 g/mol. The van der Waals surface area contributed by atoms with Gasteiger partial charge in [0.25, 0.3) is 0 Å². The van der Waals surface area contributed by atoms with Crippen LogP contribution in [0.15, 0.2) is 115 Å². The normalized spacial score (nSPS) is 10.3. The van der Waals surface area contributed by atoms with Crippen LogP contribution in [0.5, 0.6) is 5.75 Å². The lowest BCUT2D eigenvalue weighted by Crippen LogP contribution is -2.20. The number of unbranched alkanes of at least 4 members (excludes halogenated alkanes) is 1. The Kier molecular flexibility index (Phi) is 10.8. The Morgan fingerprint density at radius 3 is 1.44 bits per heavy atom. The van der Waals surface area contributed by atoms with Gasteiger partial charge in [0.1, 0.15) is 5.75 Å². The monoisotopic (exact) mass is 552 g/mol. The molecule has 0 saturated heterocycles. The van der Waals surface area contributed by atoms with E-state index in [2.05, 4.69) is 133 Å². The van der Waals surface area contributed by atoms with Gasteiger partial charge in [-0.2, -0.15) is 0 Å². The molecular formula is C29H30IOP. The Labute approximate surface area is 207 Å². The van der Waals surface area contributed by atoms with Gasteiger partial charge in [-0.3, -0.25) is 0 Å². The zero-order chi connectivity index (χ0) is 22.4. The van der Waals surface area contributed by atoms with Crippen molar-refractivity contribution in [3.05, 3.63) is 121 Å². The van der Waals surface area contributed by atoms with Crippen LogP contribution in [0.2, 0.25) is 0 Å². The number of alkyl halides is 1. The molecule has 164 valence electrons. The fourth-order valence-corrected chi connectivity index (χ4v) is 6.00. The minimum Gasteiger partial charge on any atom is -0.494 e. The van der Waals surface area contributed by atoms with Crippen LogP contribution in [0.25, 0.3) is 0 Å². The van der Waals surface area contributed by atoms with E-state index in [1.807, 2.05) is 12.1 Å². The third-order valence-corrected chi connectivity index (χ3v) is 8.21. The third-order valence-electron chi connectivity index (χ3n) is 4.89. The summed E-state index contributed by atoms with van der Waals surface area (Å²) in [4.78, 5) is 0. The first-order valence-electron chi connectivity index (χ1n) is 11.0. The maximum atomic E-state index is 5.54. The molecule has 0 radical (unpaired) electrons. The first-order valence-corrected chi connectivity index (χ1v) is 13.9. The average Bonchev–Trinajstić information content (AvgIpc) is 2.87. The van der Waals surface area contributed by atoms with Crippen LogP contribution < -0.4 is 20.7 Å². The lowest BCUT2D eigenvalue weighted by Gasteiger charge is -2.18. The molecule has 0 heterocycles. The first-order chi connectivity index (χ1) is 15.8. The molecule has 0 aliphatic carbocycles. The molecule has 0 aliphatic rings. The van der Waals surface area contributed by atoms with Crippen molar-refractivity contribution in [1.82, 2.24) is 0 Å². The van der Waals surface area contributed by atoms with Gasteiger partial charge in [0.15, 0.2) is 0 Å². The molecule has 4 rings (SSSR count). The van der Waals surface area contributed by atoms with Crippen LogP contribution in [0, 0.1) is 0 Å². The van der Waals surface area contributed by atoms with Crippen LogP contribution in [0.1, 0.15) is 25.3 Å². The summed E-state index contributed by atoms with van der Waals surface area (Å²) in [6.07, 6.45) is 2.32. The standard InChI is InChI=1S/C18H15P.C11H15IO/c1-4-10-16(11-5-1)19(17-12-6-2-7-13-17)18-14-8-3-9-15-18;1-2-3-8-13-11-6-4-10(9-12)5-7-11/h1-15H;4-7H,2-3,8-9H2,1H3. The lowest BCUT2D eigenvalue weighted by molar-refractivity contribution is 0.309. The van der Waals surface area contributed by atoms with Gasteiger partial charge in [-0.05, 0) is 48.0 Å². The van der Waals surface area contributed by atoms with Gasteiger partial charge < -0.3 is 4.74 Å². The summed E-state index contributed by atoms with van der Waals surface area (Å²) in [5.74, 6) is 0.988. The van der Waals surface area contributed by atoms with Gasteiger partial charge >= 0.3 is 0 Å². The second-order valence-corrected chi connectivity index (χ2v) is 10.3. The highest BCUT2D eigenvalue weighted by atomic mass is 127. The van der Waals surface area contributed by atoms with Crippen molar-refractivity contribution in [3.63, 3.8) is 0 Å². The van der Waals surface area contributed by atoms with Crippen molar-refractivity contribution in [2.45, 2.75) is 24.2 Å². The van der Waals surface area contributed by atoms with Gasteiger partial charge in [0, 0.05) is 4.43 Å². The van der Waals surface area contributed by atoms with Crippen molar-refractivity contribution in [2.75, 3.05) is 6.61 Å². The summed E-state index contributed by atoms with van der Waals surface area (Å²) >= 11 is 2.36. The van der Waals surface area contributed by atoms with Gasteiger partial charge in [-0.25, -0.2) is 0 Å². The maximum Gasteiger partial charge on any atom is 0.119 e. The van der Waals surface area contributed by atoms with Gasteiger partial charge in [0.05, 0.1) is 6.61 Å². The molecule has 0 saturated carbocycles. The smallest absolute Gasteiger partial charge is 0.119 e. The van der Waals surface area contributed by atoms with Gasteiger partial charge in [-0.1, -0.05) is 139 Å². The van der Waals surface area contributed by atoms with E-state index < -0.39 is 7.92 Å². The Bertz CT molecular complexity index is 911.